The molecule has 1 heterocycles. The summed E-state index contributed by atoms with van der Waals surface area (Å²) in [6.07, 6.45) is 0.289. The minimum absolute atomic E-state index is 0.135. The number of aliphatic hydroxyl groups excluding tert-OH is 1. The summed E-state index contributed by atoms with van der Waals surface area (Å²) >= 11 is 0. The number of likely N-dealkylation sites (N-methyl/N-ethyl adjacent to an activating group) is 1. The van der Waals surface area contributed by atoms with Crippen molar-refractivity contribution < 1.29 is 9.84 Å². The summed E-state index contributed by atoms with van der Waals surface area (Å²) < 4.78 is 5.72. The van der Waals surface area contributed by atoms with Gasteiger partial charge in [-0.25, -0.2) is 0 Å². The third-order valence-electron chi connectivity index (χ3n) is 4.47. The molecule has 1 N–H and O–H groups in total. The lowest BCUT2D eigenvalue weighted by Gasteiger charge is -2.35. The SMILES string of the molecule is CCN(CCC(O)c1ccc2c(c1)OCCN2C)C(C)(C)C. The molecule has 1 aromatic rings. The van der Waals surface area contributed by atoms with E-state index in [4.69, 9.17) is 4.74 Å². The molecule has 0 spiro atoms. The van der Waals surface area contributed by atoms with Crippen LogP contribution in [0.1, 0.15) is 45.8 Å². The Balaban J connectivity index is 2.02. The Morgan fingerprint density at radius 2 is 2.09 bits per heavy atom. The summed E-state index contributed by atoms with van der Waals surface area (Å²) in [5, 5.41) is 10.5. The predicted molar refractivity (Wildman–Crippen MR) is 91.8 cm³/mol. The summed E-state index contributed by atoms with van der Waals surface area (Å²) in [7, 11) is 2.07. The Labute approximate surface area is 134 Å². The normalized spacial score (nSPS) is 16.4. The first-order chi connectivity index (χ1) is 10.3. The second-order valence-electron chi connectivity index (χ2n) is 7.05. The molecular formula is C18H30N2O2. The van der Waals surface area contributed by atoms with Crippen LogP contribution in [0, 0.1) is 0 Å². The molecule has 0 aromatic heterocycles. The third-order valence-corrected chi connectivity index (χ3v) is 4.47. The molecule has 4 nitrogen and oxygen atoms in total. The zero-order valence-electron chi connectivity index (χ0n) is 14.6. The molecule has 0 aliphatic carbocycles. The average Bonchev–Trinajstić information content (AvgIpc) is 2.46. The summed E-state index contributed by atoms with van der Waals surface area (Å²) in [6.45, 7) is 12.3. The van der Waals surface area contributed by atoms with Crippen LogP contribution in [0.2, 0.25) is 0 Å². The van der Waals surface area contributed by atoms with Crippen molar-refractivity contribution in [1.82, 2.24) is 4.90 Å². The molecule has 4 heteroatoms. The molecule has 124 valence electrons. The van der Waals surface area contributed by atoms with E-state index in [0.29, 0.717) is 6.61 Å². The Morgan fingerprint density at radius 3 is 2.73 bits per heavy atom. The van der Waals surface area contributed by atoms with Crippen molar-refractivity contribution in [2.24, 2.45) is 0 Å². The number of aliphatic hydroxyl groups is 1. The minimum Gasteiger partial charge on any atom is -0.490 e. The molecule has 0 radical (unpaired) electrons. The zero-order chi connectivity index (χ0) is 16.3. The maximum atomic E-state index is 10.5. The summed E-state index contributed by atoms with van der Waals surface area (Å²) in [5.41, 5.74) is 2.18. The van der Waals surface area contributed by atoms with E-state index in [2.05, 4.69) is 44.5 Å². The molecule has 1 aliphatic heterocycles. The maximum Gasteiger partial charge on any atom is 0.143 e. The number of hydrogen-bond acceptors (Lipinski definition) is 4. The fraction of sp³-hybridized carbons (Fsp3) is 0.667. The molecule has 1 aromatic carbocycles. The summed E-state index contributed by atoms with van der Waals surface area (Å²) in [6, 6.07) is 6.06. The van der Waals surface area contributed by atoms with Crippen molar-refractivity contribution in [1.29, 1.82) is 0 Å². The van der Waals surface area contributed by atoms with Gasteiger partial charge in [-0.2, -0.15) is 0 Å². The fourth-order valence-corrected chi connectivity index (χ4v) is 2.99. The van der Waals surface area contributed by atoms with Crippen LogP contribution < -0.4 is 9.64 Å². The van der Waals surface area contributed by atoms with Crippen molar-refractivity contribution in [3.63, 3.8) is 0 Å². The average molecular weight is 306 g/mol. The Morgan fingerprint density at radius 1 is 1.36 bits per heavy atom. The van der Waals surface area contributed by atoms with Crippen molar-refractivity contribution >= 4 is 5.69 Å². The highest BCUT2D eigenvalue weighted by Crippen LogP contribution is 2.34. The van der Waals surface area contributed by atoms with Gasteiger partial charge in [0.05, 0.1) is 18.3 Å². The quantitative estimate of drug-likeness (QED) is 0.907. The van der Waals surface area contributed by atoms with Crippen LogP contribution in [0.5, 0.6) is 5.75 Å². The number of rotatable bonds is 5. The van der Waals surface area contributed by atoms with Gasteiger partial charge in [0, 0.05) is 19.1 Å². The van der Waals surface area contributed by atoms with E-state index >= 15 is 0 Å². The number of anilines is 1. The third kappa shape index (κ3) is 3.93. The topological polar surface area (TPSA) is 35.9 Å². The summed E-state index contributed by atoms with van der Waals surface area (Å²) in [4.78, 5) is 4.58. The fourth-order valence-electron chi connectivity index (χ4n) is 2.99. The van der Waals surface area contributed by atoms with Crippen LogP contribution in [-0.4, -0.2) is 48.8 Å². The van der Waals surface area contributed by atoms with E-state index in [9.17, 15) is 5.11 Å². The maximum absolute atomic E-state index is 10.5. The van der Waals surface area contributed by atoms with E-state index in [1.807, 2.05) is 18.2 Å². The number of fused-ring (bicyclic) bond motifs is 1. The first-order valence-electron chi connectivity index (χ1n) is 8.24. The van der Waals surface area contributed by atoms with E-state index in [1.54, 1.807) is 0 Å². The second kappa shape index (κ2) is 6.88. The number of ether oxygens (including phenoxy) is 1. The van der Waals surface area contributed by atoms with Crippen molar-refractivity contribution in [2.75, 3.05) is 38.2 Å². The molecule has 0 fully saturated rings. The highest BCUT2D eigenvalue weighted by Gasteiger charge is 2.22. The van der Waals surface area contributed by atoms with E-state index < -0.39 is 6.10 Å². The predicted octanol–water partition coefficient (Wildman–Crippen LogP) is 3.06. The molecule has 1 atom stereocenters. The van der Waals surface area contributed by atoms with Gasteiger partial charge in [-0.05, 0) is 51.4 Å². The van der Waals surface area contributed by atoms with Crippen LogP contribution in [-0.2, 0) is 0 Å². The lowest BCUT2D eigenvalue weighted by molar-refractivity contribution is 0.0995. The van der Waals surface area contributed by atoms with E-state index in [-0.39, 0.29) is 5.54 Å². The molecule has 1 unspecified atom stereocenters. The van der Waals surface area contributed by atoms with Gasteiger partial charge in [0.1, 0.15) is 12.4 Å². The number of hydrogen-bond donors (Lipinski definition) is 1. The van der Waals surface area contributed by atoms with E-state index in [0.717, 1.165) is 43.1 Å². The van der Waals surface area contributed by atoms with Gasteiger partial charge in [-0.15, -0.1) is 0 Å². The van der Waals surface area contributed by atoms with Gasteiger partial charge in [0.25, 0.3) is 0 Å². The zero-order valence-corrected chi connectivity index (χ0v) is 14.6. The van der Waals surface area contributed by atoms with Crippen LogP contribution in [0.25, 0.3) is 0 Å². The molecular weight excluding hydrogens is 276 g/mol. The van der Waals surface area contributed by atoms with Crippen LogP contribution in [0.3, 0.4) is 0 Å². The molecule has 1 aliphatic rings. The van der Waals surface area contributed by atoms with E-state index in [1.165, 1.54) is 0 Å². The van der Waals surface area contributed by atoms with Gasteiger partial charge < -0.3 is 14.7 Å². The second-order valence-corrected chi connectivity index (χ2v) is 7.05. The van der Waals surface area contributed by atoms with Gasteiger partial charge in [-0.1, -0.05) is 13.0 Å². The Kier molecular flexibility index (Phi) is 5.35. The van der Waals surface area contributed by atoms with Crippen molar-refractivity contribution in [3.8, 4) is 5.75 Å². The largest absolute Gasteiger partial charge is 0.490 e. The molecule has 2 rings (SSSR count). The number of nitrogens with zero attached hydrogens (tertiary/aromatic N) is 2. The van der Waals surface area contributed by atoms with Gasteiger partial charge in [0.2, 0.25) is 0 Å². The Hall–Kier alpha value is -1.26. The lowest BCUT2D eigenvalue weighted by Crippen LogP contribution is -2.42. The minimum atomic E-state index is -0.447. The first kappa shape index (κ1) is 17.1. The highest BCUT2D eigenvalue weighted by atomic mass is 16.5. The number of benzene rings is 1. The molecule has 0 bridgehead atoms. The highest BCUT2D eigenvalue weighted by molar-refractivity contribution is 5.60. The monoisotopic (exact) mass is 306 g/mol. The lowest BCUT2D eigenvalue weighted by atomic mass is 10.0. The molecule has 0 saturated carbocycles. The first-order valence-corrected chi connectivity index (χ1v) is 8.24. The smallest absolute Gasteiger partial charge is 0.143 e. The molecule has 0 amide bonds. The van der Waals surface area contributed by atoms with Crippen LogP contribution in [0.4, 0.5) is 5.69 Å². The van der Waals surface area contributed by atoms with Gasteiger partial charge in [-0.3, -0.25) is 4.90 Å². The van der Waals surface area contributed by atoms with Crippen LogP contribution in [0.15, 0.2) is 18.2 Å². The van der Waals surface area contributed by atoms with Crippen molar-refractivity contribution in [2.45, 2.75) is 45.8 Å². The standard InChI is InChI=1S/C18H30N2O2/c1-6-20(18(2,3)4)10-9-16(21)14-7-8-15-17(13-14)22-12-11-19(15)5/h7-8,13,16,21H,6,9-12H2,1-5H3. The molecule has 22 heavy (non-hydrogen) atoms. The summed E-state index contributed by atoms with van der Waals surface area (Å²) in [5.74, 6) is 0.883. The van der Waals surface area contributed by atoms with Gasteiger partial charge >= 0.3 is 0 Å². The van der Waals surface area contributed by atoms with Gasteiger partial charge in [0.15, 0.2) is 0 Å². The van der Waals surface area contributed by atoms with Crippen LogP contribution >= 0.6 is 0 Å². The Bertz CT molecular complexity index is 496. The molecule has 0 saturated heterocycles. The van der Waals surface area contributed by atoms with Crippen molar-refractivity contribution in [3.05, 3.63) is 23.8 Å².